The number of nitrogens with one attached hydrogen (secondary N) is 1. The van der Waals surface area contributed by atoms with Crippen LogP contribution in [0.2, 0.25) is 0 Å². The molecule has 0 radical (unpaired) electrons. The standard InChI is InChI=1S/C22H30N2O3/c1-4-24(5-2)17-19-8-6-18(7-9-19)16-23-22(25)14-15-27-21-12-10-20(26-3)11-13-21/h6-13H,4-5,14-17H2,1-3H3,(H,23,25). The summed E-state index contributed by atoms with van der Waals surface area (Å²) in [5.74, 6) is 1.49. The Kier molecular flexibility index (Phi) is 8.65. The second kappa shape index (κ2) is 11.2. The highest BCUT2D eigenvalue weighted by Gasteiger charge is 2.04. The van der Waals surface area contributed by atoms with Gasteiger partial charge in [-0.25, -0.2) is 0 Å². The molecule has 0 aromatic heterocycles. The molecular formula is C22H30N2O3. The topological polar surface area (TPSA) is 50.8 Å². The van der Waals surface area contributed by atoms with Crippen LogP contribution in [0.4, 0.5) is 0 Å². The Morgan fingerprint density at radius 2 is 1.52 bits per heavy atom. The zero-order chi connectivity index (χ0) is 19.5. The van der Waals surface area contributed by atoms with Crippen molar-refractivity contribution >= 4 is 5.91 Å². The molecule has 0 fully saturated rings. The Morgan fingerprint density at radius 3 is 2.11 bits per heavy atom. The normalized spacial score (nSPS) is 10.7. The van der Waals surface area contributed by atoms with E-state index in [-0.39, 0.29) is 5.91 Å². The summed E-state index contributed by atoms with van der Waals surface area (Å²) in [6.45, 7) is 8.29. The van der Waals surface area contributed by atoms with Gasteiger partial charge in [-0.1, -0.05) is 38.1 Å². The fourth-order valence-corrected chi connectivity index (χ4v) is 2.69. The number of benzene rings is 2. The van der Waals surface area contributed by atoms with Crippen molar-refractivity contribution in [2.75, 3.05) is 26.8 Å². The molecule has 1 amide bonds. The van der Waals surface area contributed by atoms with E-state index in [9.17, 15) is 4.79 Å². The van der Waals surface area contributed by atoms with E-state index in [0.29, 0.717) is 19.6 Å². The van der Waals surface area contributed by atoms with E-state index < -0.39 is 0 Å². The van der Waals surface area contributed by atoms with Gasteiger partial charge in [0, 0.05) is 13.1 Å². The lowest BCUT2D eigenvalue weighted by Crippen LogP contribution is -2.24. The van der Waals surface area contributed by atoms with Crippen molar-refractivity contribution < 1.29 is 14.3 Å². The molecule has 0 unspecified atom stereocenters. The van der Waals surface area contributed by atoms with Crippen LogP contribution in [0, 0.1) is 0 Å². The first-order chi connectivity index (χ1) is 13.1. The average Bonchev–Trinajstić information content (AvgIpc) is 2.72. The highest BCUT2D eigenvalue weighted by atomic mass is 16.5. The minimum Gasteiger partial charge on any atom is -0.497 e. The minimum absolute atomic E-state index is 0.0178. The lowest BCUT2D eigenvalue weighted by molar-refractivity contribution is -0.121. The van der Waals surface area contributed by atoms with E-state index in [1.165, 1.54) is 5.56 Å². The second-order valence-corrected chi connectivity index (χ2v) is 6.33. The lowest BCUT2D eigenvalue weighted by atomic mass is 10.1. The molecule has 5 nitrogen and oxygen atoms in total. The van der Waals surface area contributed by atoms with Crippen molar-refractivity contribution in [2.45, 2.75) is 33.4 Å². The van der Waals surface area contributed by atoms with Crippen LogP contribution in [0.3, 0.4) is 0 Å². The molecule has 0 bridgehead atoms. The zero-order valence-electron chi connectivity index (χ0n) is 16.5. The van der Waals surface area contributed by atoms with E-state index in [4.69, 9.17) is 9.47 Å². The molecule has 0 aliphatic rings. The number of nitrogens with zero attached hydrogens (tertiary/aromatic N) is 1. The molecule has 2 rings (SSSR count). The van der Waals surface area contributed by atoms with Crippen molar-refractivity contribution in [3.05, 3.63) is 59.7 Å². The first-order valence-electron chi connectivity index (χ1n) is 9.48. The third-order valence-corrected chi connectivity index (χ3v) is 4.47. The summed E-state index contributed by atoms with van der Waals surface area (Å²) >= 11 is 0. The molecule has 0 atom stereocenters. The van der Waals surface area contributed by atoms with Gasteiger partial charge in [-0.05, 0) is 48.5 Å². The van der Waals surface area contributed by atoms with Gasteiger partial charge in [0.2, 0.25) is 5.91 Å². The first-order valence-corrected chi connectivity index (χ1v) is 9.48. The van der Waals surface area contributed by atoms with E-state index in [1.807, 2.05) is 24.3 Å². The number of carbonyl (C=O) groups is 1. The van der Waals surface area contributed by atoms with Crippen LogP contribution >= 0.6 is 0 Å². The molecule has 0 aliphatic heterocycles. The molecule has 5 heteroatoms. The quantitative estimate of drug-likeness (QED) is 0.656. The molecule has 2 aromatic carbocycles. The molecule has 27 heavy (non-hydrogen) atoms. The van der Waals surface area contributed by atoms with Gasteiger partial charge in [-0.2, -0.15) is 0 Å². The maximum atomic E-state index is 12.0. The van der Waals surface area contributed by atoms with Gasteiger partial charge in [0.1, 0.15) is 11.5 Å². The largest absolute Gasteiger partial charge is 0.497 e. The maximum absolute atomic E-state index is 12.0. The van der Waals surface area contributed by atoms with Gasteiger partial charge < -0.3 is 14.8 Å². The van der Waals surface area contributed by atoms with Crippen LogP contribution in [0.25, 0.3) is 0 Å². The van der Waals surface area contributed by atoms with E-state index >= 15 is 0 Å². The van der Waals surface area contributed by atoms with Crippen LogP contribution in [-0.4, -0.2) is 37.6 Å². The number of rotatable bonds is 11. The number of ether oxygens (including phenoxy) is 2. The minimum atomic E-state index is -0.0178. The third-order valence-electron chi connectivity index (χ3n) is 4.47. The summed E-state index contributed by atoms with van der Waals surface area (Å²) < 4.78 is 10.7. The van der Waals surface area contributed by atoms with Gasteiger partial charge in [-0.3, -0.25) is 9.69 Å². The molecule has 0 spiro atoms. The summed E-state index contributed by atoms with van der Waals surface area (Å²) in [5.41, 5.74) is 2.39. The maximum Gasteiger partial charge on any atom is 0.223 e. The van der Waals surface area contributed by atoms with Gasteiger partial charge >= 0.3 is 0 Å². The van der Waals surface area contributed by atoms with Crippen LogP contribution < -0.4 is 14.8 Å². The Hall–Kier alpha value is -2.53. The van der Waals surface area contributed by atoms with Crippen molar-refractivity contribution in [1.29, 1.82) is 0 Å². The van der Waals surface area contributed by atoms with Gasteiger partial charge in [0.05, 0.1) is 20.1 Å². The van der Waals surface area contributed by atoms with Gasteiger partial charge in [0.25, 0.3) is 0 Å². The van der Waals surface area contributed by atoms with E-state index in [1.54, 1.807) is 7.11 Å². The van der Waals surface area contributed by atoms with Crippen LogP contribution in [0.1, 0.15) is 31.4 Å². The average molecular weight is 370 g/mol. The number of methoxy groups -OCH3 is 1. The van der Waals surface area contributed by atoms with Crippen molar-refractivity contribution in [3.8, 4) is 11.5 Å². The fraction of sp³-hybridized carbons (Fsp3) is 0.409. The van der Waals surface area contributed by atoms with E-state index in [0.717, 1.165) is 36.7 Å². The summed E-state index contributed by atoms with van der Waals surface area (Å²) in [6.07, 6.45) is 0.325. The van der Waals surface area contributed by atoms with Gasteiger partial charge in [0.15, 0.2) is 0 Å². The van der Waals surface area contributed by atoms with E-state index in [2.05, 4.69) is 48.3 Å². The highest BCUT2D eigenvalue weighted by molar-refractivity contribution is 5.76. The Morgan fingerprint density at radius 1 is 0.926 bits per heavy atom. The SMILES string of the molecule is CCN(CC)Cc1ccc(CNC(=O)CCOc2ccc(OC)cc2)cc1. The van der Waals surface area contributed by atoms with Crippen LogP contribution in [-0.2, 0) is 17.9 Å². The smallest absolute Gasteiger partial charge is 0.223 e. The molecule has 2 aromatic rings. The molecule has 0 aliphatic carbocycles. The van der Waals surface area contributed by atoms with Crippen molar-refractivity contribution in [1.82, 2.24) is 10.2 Å². The number of hydrogen-bond donors (Lipinski definition) is 1. The fourth-order valence-electron chi connectivity index (χ4n) is 2.69. The summed E-state index contributed by atoms with van der Waals surface area (Å²) in [7, 11) is 1.62. The Labute approximate surface area is 162 Å². The van der Waals surface area contributed by atoms with Crippen LogP contribution in [0.15, 0.2) is 48.5 Å². The molecule has 1 N–H and O–H groups in total. The molecule has 0 saturated carbocycles. The Bertz CT molecular complexity index is 680. The summed E-state index contributed by atoms with van der Waals surface area (Å²) in [6, 6.07) is 15.7. The molecule has 0 saturated heterocycles. The predicted octanol–water partition coefficient (Wildman–Crippen LogP) is 3.62. The monoisotopic (exact) mass is 370 g/mol. The molecule has 0 heterocycles. The number of amides is 1. The van der Waals surface area contributed by atoms with Gasteiger partial charge in [-0.15, -0.1) is 0 Å². The second-order valence-electron chi connectivity index (χ2n) is 6.33. The zero-order valence-corrected chi connectivity index (χ0v) is 16.5. The van der Waals surface area contributed by atoms with Crippen molar-refractivity contribution in [3.63, 3.8) is 0 Å². The van der Waals surface area contributed by atoms with Crippen LogP contribution in [0.5, 0.6) is 11.5 Å². The summed E-state index contributed by atoms with van der Waals surface area (Å²) in [4.78, 5) is 14.4. The first kappa shape index (κ1) is 20.8. The third kappa shape index (κ3) is 7.31. The lowest BCUT2D eigenvalue weighted by Gasteiger charge is -2.18. The van der Waals surface area contributed by atoms with Crippen molar-refractivity contribution in [2.24, 2.45) is 0 Å². The Balaban J connectivity index is 1.68. The highest BCUT2D eigenvalue weighted by Crippen LogP contribution is 2.17. The number of hydrogen-bond acceptors (Lipinski definition) is 4. The molecule has 146 valence electrons. The molecular weight excluding hydrogens is 340 g/mol. The number of carbonyl (C=O) groups excluding carboxylic acids is 1. The summed E-state index contributed by atoms with van der Waals surface area (Å²) in [5, 5.41) is 2.94. The predicted molar refractivity (Wildman–Crippen MR) is 108 cm³/mol.